The van der Waals surface area contributed by atoms with E-state index in [2.05, 4.69) is 40.8 Å². The van der Waals surface area contributed by atoms with Gasteiger partial charge in [-0.15, -0.1) is 0 Å². The molecule has 2 aliphatic rings. The van der Waals surface area contributed by atoms with Crippen LogP contribution in [0.25, 0.3) is 0 Å². The Morgan fingerprint density at radius 1 is 1.33 bits per heavy atom. The van der Waals surface area contributed by atoms with Crippen LogP contribution in [0.5, 0.6) is 0 Å². The smallest absolute Gasteiger partial charge is 0.192 e. The molecule has 9 heteroatoms. The summed E-state index contributed by atoms with van der Waals surface area (Å²) in [6.45, 7) is 16.9. The summed E-state index contributed by atoms with van der Waals surface area (Å²) in [4.78, 5) is 9.44. The van der Waals surface area contributed by atoms with Gasteiger partial charge in [0.25, 0.3) is 0 Å². The van der Waals surface area contributed by atoms with Crippen molar-refractivity contribution >= 4 is 27.5 Å². The van der Waals surface area contributed by atoms with Crippen LogP contribution in [-0.4, -0.2) is 50.1 Å². The van der Waals surface area contributed by atoms with Gasteiger partial charge in [-0.1, -0.05) is 27.7 Å². The molecule has 170 valence electrons. The third-order valence-electron chi connectivity index (χ3n) is 6.30. The summed E-state index contributed by atoms with van der Waals surface area (Å²) >= 11 is 0. The number of hydrogen-bond acceptors (Lipinski definition) is 6. The van der Waals surface area contributed by atoms with Gasteiger partial charge in [-0.3, -0.25) is 4.57 Å². The second kappa shape index (κ2) is 8.62. The van der Waals surface area contributed by atoms with Crippen molar-refractivity contribution in [3.8, 4) is 0 Å². The number of nitrogens with zero attached hydrogens (tertiary/aromatic N) is 3. The van der Waals surface area contributed by atoms with Crippen LogP contribution < -0.4 is 0 Å². The summed E-state index contributed by atoms with van der Waals surface area (Å²) in [5.74, 6) is 1.03. The summed E-state index contributed by atoms with van der Waals surface area (Å²) in [6, 6.07) is 0. The van der Waals surface area contributed by atoms with Crippen LogP contribution in [0.15, 0.2) is 11.3 Å². The van der Waals surface area contributed by atoms with E-state index in [0.29, 0.717) is 0 Å². The third-order valence-corrected chi connectivity index (χ3v) is 11.6. The molecule has 1 aromatic rings. The van der Waals surface area contributed by atoms with Crippen molar-refractivity contribution in [1.29, 1.82) is 0 Å². The number of aliphatic imine (C=N–C) groups is 1. The van der Waals surface area contributed by atoms with Gasteiger partial charge in [0.15, 0.2) is 20.4 Å². The first-order valence-electron chi connectivity index (χ1n) is 10.9. The molecule has 0 bridgehead atoms. The number of hydrogen-bond donors (Lipinski definition) is 0. The van der Waals surface area contributed by atoms with Crippen LogP contribution in [0.4, 0.5) is 5.82 Å². The van der Waals surface area contributed by atoms with Crippen molar-refractivity contribution in [3.63, 3.8) is 0 Å². The largest absolute Gasteiger partial charge is 0.408 e. The molecule has 0 radical (unpaired) electrons. The van der Waals surface area contributed by atoms with Crippen LogP contribution in [0.1, 0.15) is 65.0 Å². The molecule has 1 aromatic heterocycles. The highest BCUT2D eigenvalue weighted by molar-refractivity contribution is 7.62. The van der Waals surface area contributed by atoms with E-state index in [1.165, 1.54) is 0 Å². The highest BCUT2D eigenvalue weighted by Crippen LogP contribution is 2.45. The number of fused-ring (bicyclic) bond motifs is 1. The maximum atomic E-state index is 12.0. The first-order chi connectivity index (χ1) is 13.8. The lowest BCUT2D eigenvalue weighted by Crippen LogP contribution is -2.41. The predicted octanol–water partition coefficient (Wildman–Crippen LogP) is 5.92. The molecule has 0 spiro atoms. The fourth-order valence-electron chi connectivity index (χ4n) is 3.51. The minimum absolute atomic E-state index is 0.0541. The van der Waals surface area contributed by atoms with E-state index >= 15 is 0 Å². The van der Waals surface area contributed by atoms with Gasteiger partial charge in [-0.2, -0.15) is 0 Å². The molecule has 0 N–H and O–H groups in total. The molecule has 30 heavy (non-hydrogen) atoms. The van der Waals surface area contributed by atoms with E-state index in [1.54, 1.807) is 13.3 Å². The monoisotopic (exact) mass is 455 g/mol. The van der Waals surface area contributed by atoms with Gasteiger partial charge in [0.2, 0.25) is 0 Å². The molecule has 1 fully saturated rings. The van der Waals surface area contributed by atoms with Crippen LogP contribution in [0, 0.1) is 5.92 Å². The third kappa shape index (κ3) is 5.33. The molecular weight excluding hydrogens is 417 g/mol. The zero-order valence-corrected chi connectivity index (χ0v) is 21.6. The van der Waals surface area contributed by atoms with Crippen molar-refractivity contribution in [3.05, 3.63) is 12.0 Å². The SMILES string of the molecule is C[C@H]1C[C@H](n2cnc3c2N=CCC[C@H]3O[Si](C)(C)C(C)(C)C)O[C@@H]1OCP(C)(C)=O. The van der Waals surface area contributed by atoms with E-state index in [1.807, 2.05) is 17.1 Å². The topological polar surface area (TPSA) is 74.9 Å². The van der Waals surface area contributed by atoms with Crippen LogP contribution in [-0.2, 0) is 18.5 Å². The molecular formula is C21H38N3O4PSi. The lowest BCUT2D eigenvalue weighted by molar-refractivity contribution is -0.150. The Hall–Kier alpha value is -0.793. The summed E-state index contributed by atoms with van der Waals surface area (Å²) in [6.07, 6.45) is 5.95. The van der Waals surface area contributed by atoms with Gasteiger partial charge >= 0.3 is 0 Å². The van der Waals surface area contributed by atoms with E-state index in [0.717, 1.165) is 30.8 Å². The van der Waals surface area contributed by atoms with Gasteiger partial charge in [0.1, 0.15) is 25.4 Å². The van der Waals surface area contributed by atoms with Gasteiger partial charge in [-0.05, 0) is 44.3 Å². The Labute approximate surface area is 182 Å². The van der Waals surface area contributed by atoms with E-state index in [4.69, 9.17) is 23.9 Å². The Morgan fingerprint density at radius 2 is 2.03 bits per heavy atom. The van der Waals surface area contributed by atoms with Crippen LogP contribution >= 0.6 is 7.14 Å². The quantitative estimate of drug-likeness (QED) is 0.393. The maximum absolute atomic E-state index is 12.0. The average molecular weight is 456 g/mol. The molecule has 0 unspecified atom stereocenters. The summed E-state index contributed by atoms with van der Waals surface area (Å²) < 4.78 is 32.8. The Morgan fingerprint density at radius 3 is 2.67 bits per heavy atom. The number of imidazole rings is 1. The first kappa shape index (κ1) is 23.9. The zero-order valence-electron chi connectivity index (χ0n) is 19.7. The molecule has 2 aliphatic heterocycles. The first-order valence-corrected chi connectivity index (χ1v) is 16.6. The summed E-state index contributed by atoms with van der Waals surface area (Å²) in [7, 11) is -4.19. The average Bonchev–Trinajstić information content (AvgIpc) is 3.12. The molecule has 0 aliphatic carbocycles. The molecule has 4 atom stereocenters. The number of ether oxygens (including phenoxy) is 2. The van der Waals surface area contributed by atoms with E-state index in [-0.39, 0.29) is 35.9 Å². The van der Waals surface area contributed by atoms with Crippen molar-refractivity contribution in [2.24, 2.45) is 10.9 Å². The normalized spacial score (nSPS) is 27.9. The lowest BCUT2D eigenvalue weighted by atomic mass is 10.1. The van der Waals surface area contributed by atoms with Crippen molar-refractivity contribution in [1.82, 2.24) is 9.55 Å². The standard InChI is InChI=1S/C21H38N3O4PSi/c1-15-12-17(27-20(15)26-14-29(5,6)25)24-13-23-18-16(10-9-11-22-19(18)24)28-30(7,8)21(2,3)4/h11,13,15-17,20H,9-10,12,14H2,1-8H3/t15-,16+,17+,20-/m0/s1. The van der Waals surface area contributed by atoms with Crippen molar-refractivity contribution in [2.45, 2.75) is 83.7 Å². The fraction of sp³-hybridized carbons (Fsp3) is 0.810. The van der Waals surface area contributed by atoms with Crippen LogP contribution in [0.3, 0.4) is 0 Å². The minimum Gasteiger partial charge on any atom is -0.408 e. The van der Waals surface area contributed by atoms with Gasteiger partial charge < -0.3 is 18.5 Å². The summed E-state index contributed by atoms with van der Waals surface area (Å²) in [5.41, 5.74) is 0.904. The van der Waals surface area contributed by atoms with Crippen molar-refractivity contribution in [2.75, 3.05) is 19.7 Å². The zero-order chi connectivity index (χ0) is 22.3. The van der Waals surface area contributed by atoms with Gasteiger partial charge in [0.05, 0.1) is 12.4 Å². The Kier molecular flexibility index (Phi) is 6.86. The highest BCUT2D eigenvalue weighted by Gasteiger charge is 2.41. The lowest BCUT2D eigenvalue weighted by Gasteiger charge is -2.38. The highest BCUT2D eigenvalue weighted by atomic mass is 31.2. The maximum Gasteiger partial charge on any atom is 0.192 e. The molecule has 0 amide bonds. The van der Waals surface area contributed by atoms with Crippen molar-refractivity contribution < 1.29 is 18.5 Å². The molecule has 0 aromatic carbocycles. The Balaban J connectivity index is 1.80. The Bertz CT molecular complexity index is 827. The number of aromatic nitrogens is 2. The predicted molar refractivity (Wildman–Crippen MR) is 124 cm³/mol. The van der Waals surface area contributed by atoms with Gasteiger partial charge in [0, 0.05) is 18.6 Å². The van der Waals surface area contributed by atoms with Gasteiger partial charge in [-0.25, -0.2) is 9.98 Å². The van der Waals surface area contributed by atoms with Crippen LogP contribution in [0.2, 0.25) is 18.1 Å². The molecule has 3 heterocycles. The second-order valence-electron chi connectivity index (χ2n) is 10.7. The summed E-state index contributed by atoms with van der Waals surface area (Å²) in [5, 5.41) is 0.134. The molecule has 1 saturated heterocycles. The second-order valence-corrected chi connectivity index (χ2v) is 18.8. The molecule has 7 nitrogen and oxygen atoms in total. The minimum atomic E-state index is -2.25. The number of rotatable bonds is 6. The fourth-order valence-corrected chi connectivity index (χ4v) is 5.31. The van der Waals surface area contributed by atoms with E-state index in [9.17, 15) is 4.57 Å². The molecule has 3 rings (SSSR count). The molecule has 0 saturated carbocycles. The van der Waals surface area contributed by atoms with E-state index < -0.39 is 15.5 Å².